The maximum absolute atomic E-state index is 5.52. The van der Waals surface area contributed by atoms with Crippen molar-refractivity contribution in [3.63, 3.8) is 0 Å². The molecule has 1 N–H and O–H groups in total. The highest BCUT2D eigenvalue weighted by Gasteiger charge is 1.98. The van der Waals surface area contributed by atoms with Gasteiger partial charge in [-0.1, -0.05) is 18.2 Å². The molecule has 15 heavy (non-hydrogen) atoms. The van der Waals surface area contributed by atoms with Gasteiger partial charge >= 0.3 is 0 Å². The van der Waals surface area contributed by atoms with Crippen LogP contribution < -0.4 is 10.1 Å². The summed E-state index contributed by atoms with van der Waals surface area (Å²) in [5.74, 6) is 0.906. The van der Waals surface area contributed by atoms with Crippen molar-refractivity contribution in [1.29, 1.82) is 0 Å². The van der Waals surface area contributed by atoms with Crippen LogP contribution in [0.3, 0.4) is 0 Å². The fourth-order valence-electron chi connectivity index (χ4n) is 1.26. The third-order valence-electron chi connectivity index (χ3n) is 1.96. The van der Waals surface area contributed by atoms with E-state index in [0.717, 1.165) is 18.9 Å². The Balaban J connectivity index is 2.07. The van der Waals surface area contributed by atoms with Gasteiger partial charge < -0.3 is 9.47 Å². The topological polar surface area (TPSA) is 30.5 Å². The standard InChI is InChI=1S/C12H19NO2/c1-3-14-11(2)13-9-10-15-12-7-5-4-6-8-12/h4-8,11,13H,3,9-10H2,1-2H3. The highest BCUT2D eigenvalue weighted by atomic mass is 16.5. The second-order valence-corrected chi connectivity index (χ2v) is 3.21. The van der Waals surface area contributed by atoms with E-state index in [9.17, 15) is 0 Å². The number of ether oxygens (including phenoxy) is 2. The molecule has 84 valence electrons. The highest BCUT2D eigenvalue weighted by molar-refractivity contribution is 5.20. The number of rotatable bonds is 7. The van der Waals surface area contributed by atoms with Crippen LogP contribution >= 0.6 is 0 Å². The third-order valence-corrected chi connectivity index (χ3v) is 1.96. The van der Waals surface area contributed by atoms with E-state index in [1.807, 2.05) is 44.2 Å². The second-order valence-electron chi connectivity index (χ2n) is 3.21. The minimum absolute atomic E-state index is 0.0920. The SMILES string of the molecule is CCOC(C)NCCOc1ccccc1. The van der Waals surface area contributed by atoms with E-state index in [-0.39, 0.29) is 6.23 Å². The van der Waals surface area contributed by atoms with Crippen LogP contribution in [0.4, 0.5) is 0 Å². The van der Waals surface area contributed by atoms with Crippen molar-refractivity contribution in [2.45, 2.75) is 20.1 Å². The van der Waals surface area contributed by atoms with Crippen molar-refractivity contribution >= 4 is 0 Å². The van der Waals surface area contributed by atoms with Crippen molar-refractivity contribution in [2.24, 2.45) is 0 Å². The Bertz CT molecular complexity index is 251. The number of benzene rings is 1. The molecule has 0 spiro atoms. The van der Waals surface area contributed by atoms with Gasteiger partial charge in [0, 0.05) is 13.2 Å². The summed E-state index contributed by atoms with van der Waals surface area (Å²) in [5.41, 5.74) is 0. The molecular weight excluding hydrogens is 190 g/mol. The van der Waals surface area contributed by atoms with Crippen LogP contribution in [0.1, 0.15) is 13.8 Å². The van der Waals surface area contributed by atoms with Gasteiger partial charge in [0.05, 0.1) is 0 Å². The van der Waals surface area contributed by atoms with Gasteiger partial charge in [-0.3, -0.25) is 5.32 Å². The average Bonchev–Trinajstić information content (AvgIpc) is 2.26. The Morgan fingerprint density at radius 1 is 1.27 bits per heavy atom. The first-order chi connectivity index (χ1) is 7.33. The zero-order chi connectivity index (χ0) is 10.9. The Morgan fingerprint density at radius 2 is 2.00 bits per heavy atom. The number of hydrogen-bond donors (Lipinski definition) is 1. The molecule has 0 aliphatic carbocycles. The lowest BCUT2D eigenvalue weighted by molar-refractivity contribution is 0.0494. The van der Waals surface area contributed by atoms with Crippen molar-refractivity contribution in [3.05, 3.63) is 30.3 Å². The molecule has 1 aromatic carbocycles. The predicted octanol–water partition coefficient (Wildman–Crippen LogP) is 2.04. The van der Waals surface area contributed by atoms with Crippen LogP contribution in [0.2, 0.25) is 0 Å². The normalized spacial score (nSPS) is 12.4. The van der Waals surface area contributed by atoms with Crippen molar-refractivity contribution < 1.29 is 9.47 Å². The number of nitrogens with one attached hydrogen (secondary N) is 1. The summed E-state index contributed by atoms with van der Waals surface area (Å²) in [5, 5.41) is 3.21. The summed E-state index contributed by atoms with van der Waals surface area (Å²) in [6.45, 7) is 6.15. The molecule has 0 bridgehead atoms. The van der Waals surface area contributed by atoms with E-state index in [4.69, 9.17) is 9.47 Å². The zero-order valence-electron chi connectivity index (χ0n) is 9.40. The lowest BCUT2D eigenvalue weighted by Gasteiger charge is -2.13. The van der Waals surface area contributed by atoms with E-state index in [1.54, 1.807) is 0 Å². The quantitative estimate of drug-likeness (QED) is 0.550. The summed E-state index contributed by atoms with van der Waals surface area (Å²) < 4.78 is 10.8. The summed E-state index contributed by atoms with van der Waals surface area (Å²) in [4.78, 5) is 0. The summed E-state index contributed by atoms with van der Waals surface area (Å²) in [7, 11) is 0. The molecule has 1 aromatic rings. The molecular formula is C12H19NO2. The first-order valence-corrected chi connectivity index (χ1v) is 5.35. The van der Waals surface area contributed by atoms with Gasteiger partial charge in [-0.05, 0) is 26.0 Å². The molecule has 0 aliphatic rings. The minimum Gasteiger partial charge on any atom is -0.492 e. The molecule has 3 nitrogen and oxygen atoms in total. The molecule has 0 heterocycles. The first kappa shape index (κ1) is 12.0. The van der Waals surface area contributed by atoms with Gasteiger partial charge in [0.2, 0.25) is 0 Å². The molecule has 1 unspecified atom stereocenters. The molecule has 0 saturated heterocycles. The zero-order valence-corrected chi connectivity index (χ0v) is 9.40. The van der Waals surface area contributed by atoms with Gasteiger partial charge in [-0.15, -0.1) is 0 Å². The molecule has 0 radical (unpaired) electrons. The lowest BCUT2D eigenvalue weighted by atomic mass is 10.3. The summed E-state index contributed by atoms with van der Waals surface area (Å²) in [6, 6.07) is 9.80. The van der Waals surface area contributed by atoms with Gasteiger partial charge in [-0.25, -0.2) is 0 Å². The van der Waals surface area contributed by atoms with Crippen molar-refractivity contribution in [2.75, 3.05) is 19.8 Å². The van der Waals surface area contributed by atoms with E-state index in [1.165, 1.54) is 0 Å². The largest absolute Gasteiger partial charge is 0.492 e. The Labute approximate surface area is 91.4 Å². The Hall–Kier alpha value is -1.06. The Kier molecular flexibility index (Phi) is 5.81. The van der Waals surface area contributed by atoms with E-state index in [2.05, 4.69) is 5.32 Å². The van der Waals surface area contributed by atoms with Crippen LogP contribution in [-0.2, 0) is 4.74 Å². The molecule has 0 amide bonds. The summed E-state index contributed by atoms with van der Waals surface area (Å²) in [6.07, 6.45) is 0.0920. The van der Waals surface area contributed by atoms with E-state index in [0.29, 0.717) is 6.61 Å². The molecule has 0 aliphatic heterocycles. The Morgan fingerprint density at radius 3 is 2.67 bits per heavy atom. The van der Waals surface area contributed by atoms with Crippen molar-refractivity contribution in [3.8, 4) is 5.75 Å². The second kappa shape index (κ2) is 7.26. The molecule has 1 atom stereocenters. The maximum Gasteiger partial charge on any atom is 0.119 e. The van der Waals surface area contributed by atoms with Crippen LogP contribution in [0, 0.1) is 0 Å². The molecule has 1 rings (SSSR count). The smallest absolute Gasteiger partial charge is 0.119 e. The molecule has 0 fully saturated rings. The predicted molar refractivity (Wildman–Crippen MR) is 61.0 cm³/mol. The minimum atomic E-state index is 0.0920. The van der Waals surface area contributed by atoms with E-state index >= 15 is 0 Å². The summed E-state index contributed by atoms with van der Waals surface area (Å²) >= 11 is 0. The highest BCUT2D eigenvalue weighted by Crippen LogP contribution is 2.07. The fourth-order valence-corrected chi connectivity index (χ4v) is 1.26. The maximum atomic E-state index is 5.52. The molecule has 0 saturated carbocycles. The van der Waals surface area contributed by atoms with Crippen LogP contribution in [0.15, 0.2) is 30.3 Å². The first-order valence-electron chi connectivity index (χ1n) is 5.35. The number of hydrogen-bond acceptors (Lipinski definition) is 3. The number of para-hydroxylation sites is 1. The molecule has 3 heteroatoms. The monoisotopic (exact) mass is 209 g/mol. The van der Waals surface area contributed by atoms with Crippen LogP contribution in [-0.4, -0.2) is 26.0 Å². The van der Waals surface area contributed by atoms with E-state index < -0.39 is 0 Å². The fraction of sp³-hybridized carbons (Fsp3) is 0.500. The average molecular weight is 209 g/mol. The van der Waals surface area contributed by atoms with Gasteiger partial charge in [0.25, 0.3) is 0 Å². The lowest BCUT2D eigenvalue weighted by Crippen LogP contribution is -2.32. The van der Waals surface area contributed by atoms with Crippen LogP contribution in [0.25, 0.3) is 0 Å². The van der Waals surface area contributed by atoms with Crippen LogP contribution in [0.5, 0.6) is 5.75 Å². The van der Waals surface area contributed by atoms with Gasteiger partial charge in [0.1, 0.15) is 18.6 Å². The van der Waals surface area contributed by atoms with Gasteiger partial charge in [0.15, 0.2) is 0 Å². The molecule has 0 aromatic heterocycles. The third kappa shape index (κ3) is 5.40. The van der Waals surface area contributed by atoms with Crippen molar-refractivity contribution in [1.82, 2.24) is 5.32 Å². The van der Waals surface area contributed by atoms with Gasteiger partial charge in [-0.2, -0.15) is 0 Å².